The zero-order chi connectivity index (χ0) is 13.8. The Kier molecular flexibility index (Phi) is 4.46. The topological polar surface area (TPSA) is 21.3 Å². The van der Waals surface area contributed by atoms with E-state index in [0.717, 1.165) is 22.6 Å². The molecule has 2 rings (SSSR count). The molecule has 0 saturated heterocycles. The Balaban J connectivity index is 2.24. The third kappa shape index (κ3) is 3.28. The van der Waals surface area contributed by atoms with E-state index in [9.17, 15) is 0 Å². The summed E-state index contributed by atoms with van der Waals surface area (Å²) in [6, 6.07) is 14.0. The number of benzene rings is 2. The first kappa shape index (κ1) is 13.9. The average molecular weight is 276 g/mol. The van der Waals surface area contributed by atoms with Gasteiger partial charge in [-0.05, 0) is 50.2 Å². The number of hydrogen-bond acceptors (Lipinski definition) is 2. The molecule has 0 aliphatic heterocycles. The minimum atomic E-state index is 0.222. The Bertz CT molecular complexity index is 568. The predicted octanol–water partition coefficient (Wildman–Crippen LogP) is 4.72. The van der Waals surface area contributed by atoms with Crippen molar-refractivity contribution in [2.45, 2.75) is 19.9 Å². The molecule has 19 heavy (non-hydrogen) atoms. The zero-order valence-electron chi connectivity index (χ0n) is 11.4. The number of para-hydroxylation sites is 1. The van der Waals surface area contributed by atoms with Crippen LogP contribution in [-0.2, 0) is 0 Å². The van der Waals surface area contributed by atoms with E-state index in [1.807, 2.05) is 56.4 Å². The molecule has 2 aromatic carbocycles. The molecule has 0 bridgehead atoms. The number of halogens is 1. The summed E-state index contributed by atoms with van der Waals surface area (Å²) in [5.74, 6) is 1.61. The van der Waals surface area contributed by atoms with Crippen molar-refractivity contribution in [2.75, 3.05) is 7.05 Å². The van der Waals surface area contributed by atoms with Crippen molar-refractivity contribution in [3.8, 4) is 11.5 Å². The SMILES string of the molecule is CNC(C)c1ccc(Oc2ccccc2C)cc1Cl. The quantitative estimate of drug-likeness (QED) is 0.872. The standard InChI is InChI=1S/C16H18ClNO/c1-11-6-4-5-7-16(11)19-13-8-9-14(12(2)18-3)15(17)10-13/h4-10,12,18H,1-3H3. The highest BCUT2D eigenvalue weighted by Gasteiger charge is 2.09. The maximum absolute atomic E-state index is 6.29. The first-order valence-corrected chi connectivity index (χ1v) is 6.70. The van der Waals surface area contributed by atoms with E-state index in [0.29, 0.717) is 5.02 Å². The summed E-state index contributed by atoms with van der Waals surface area (Å²) in [7, 11) is 1.92. The van der Waals surface area contributed by atoms with E-state index < -0.39 is 0 Å². The first-order valence-electron chi connectivity index (χ1n) is 6.32. The lowest BCUT2D eigenvalue weighted by Gasteiger charge is -2.14. The van der Waals surface area contributed by atoms with Gasteiger partial charge >= 0.3 is 0 Å². The van der Waals surface area contributed by atoms with Crippen LogP contribution in [-0.4, -0.2) is 7.05 Å². The fraction of sp³-hybridized carbons (Fsp3) is 0.250. The van der Waals surface area contributed by atoms with Gasteiger partial charge in [0.15, 0.2) is 0 Å². The second kappa shape index (κ2) is 6.09. The molecule has 1 N–H and O–H groups in total. The minimum Gasteiger partial charge on any atom is -0.457 e. The lowest BCUT2D eigenvalue weighted by Crippen LogP contribution is -2.12. The molecule has 0 aromatic heterocycles. The van der Waals surface area contributed by atoms with Crippen LogP contribution in [0.4, 0.5) is 0 Å². The Hall–Kier alpha value is -1.51. The van der Waals surface area contributed by atoms with Gasteiger partial charge in [-0.1, -0.05) is 35.9 Å². The van der Waals surface area contributed by atoms with Crippen LogP contribution in [0.3, 0.4) is 0 Å². The highest BCUT2D eigenvalue weighted by atomic mass is 35.5. The minimum absolute atomic E-state index is 0.222. The zero-order valence-corrected chi connectivity index (χ0v) is 12.2. The summed E-state index contributed by atoms with van der Waals surface area (Å²) in [6.45, 7) is 4.09. The lowest BCUT2D eigenvalue weighted by molar-refractivity contribution is 0.478. The van der Waals surface area contributed by atoms with Gasteiger partial charge in [0.25, 0.3) is 0 Å². The summed E-state index contributed by atoms with van der Waals surface area (Å²) < 4.78 is 5.85. The second-order valence-electron chi connectivity index (χ2n) is 4.56. The van der Waals surface area contributed by atoms with E-state index >= 15 is 0 Å². The highest BCUT2D eigenvalue weighted by molar-refractivity contribution is 6.31. The average Bonchev–Trinajstić information content (AvgIpc) is 2.41. The van der Waals surface area contributed by atoms with Crippen LogP contribution in [0.25, 0.3) is 0 Å². The van der Waals surface area contributed by atoms with Crippen LogP contribution >= 0.6 is 11.6 Å². The summed E-state index contributed by atoms with van der Waals surface area (Å²) in [6.07, 6.45) is 0. The van der Waals surface area contributed by atoms with Crippen molar-refractivity contribution in [2.24, 2.45) is 0 Å². The third-order valence-corrected chi connectivity index (χ3v) is 3.52. The maximum Gasteiger partial charge on any atom is 0.130 e. The van der Waals surface area contributed by atoms with Crippen LogP contribution in [0.5, 0.6) is 11.5 Å². The molecule has 0 radical (unpaired) electrons. The van der Waals surface area contributed by atoms with Gasteiger partial charge in [-0.25, -0.2) is 0 Å². The molecule has 1 atom stereocenters. The van der Waals surface area contributed by atoms with E-state index in [1.165, 1.54) is 0 Å². The van der Waals surface area contributed by atoms with Crippen molar-refractivity contribution >= 4 is 11.6 Å². The van der Waals surface area contributed by atoms with Gasteiger partial charge in [0.1, 0.15) is 11.5 Å². The van der Waals surface area contributed by atoms with E-state index in [4.69, 9.17) is 16.3 Å². The first-order chi connectivity index (χ1) is 9.11. The molecule has 0 aliphatic rings. The van der Waals surface area contributed by atoms with Gasteiger partial charge in [-0.3, -0.25) is 0 Å². The van der Waals surface area contributed by atoms with E-state index in [-0.39, 0.29) is 6.04 Å². The molecule has 0 heterocycles. The number of ether oxygens (including phenoxy) is 1. The van der Waals surface area contributed by atoms with Gasteiger partial charge in [0.05, 0.1) is 0 Å². The molecule has 0 spiro atoms. The molecule has 0 saturated carbocycles. The van der Waals surface area contributed by atoms with E-state index in [1.54, 1.807) is 0 Å². The molecular formula is C16H18ClNO. The van der Waals surface area contributed by atoms with Gasteiger partial charge < -0.3 is 10.1 Å². The largest absolute Gasteiger partial charge is 0.457 e. The molecule has 1 unspecified atom stereocenters. The number of aryl methyl sites for hydroxylation is 1. The maximum atomic E-state index is 6.29. The van der Waals surface area contributed by atoms with Gasteiger partial charge in [0, 0.05) is 11.1 Å². The fourth-order valence-corrected chi connectivity index (χ4v) is 2.21. The molecule has 0 aliphatic carbocycles. The Morgan fingerprint density at radius 3 is 2.53 bits per heavy atom. The third-order valence-electron chi connectivity index (χ3n) is 3.19. The van der Waals surface area contributed by atoms with Crippen molar-refractivity contribution in [1.29, 1.82) is 0 Å². The van der Waals surface area contributed by atoms with Crippen LogP contribution in [0, 0.1) is 6.92 Å². The van der Waals surface area contributed by atoms with Crippen LogP contribution in [0.15, 0.2) is 42.5 Å². The summed E-state index contributed by atoms with van der Waals surface area (Å²) >= 11 is 6.29. The Labute approximate surface area is 119 Å². The van der Waals surface area contributed by atoms with Crippen LogP contribution < -0.4 is 10.1 Å². The summed E-state index contributed by atoms with van der Waals surface area (Å²) in [5, 5.41) is 3.89. The highest BCUT2D eigenvalue weighted by Crippen LogP contribution is 2.30. The Morgan fingerprint density at radius 1 is 1.16 bits per heavy atom. The lowest BCUT2D eigenvalue weighted by atomic mass is 10.1. The fourth-order valence-electron chi connectivity index (χ4n) is 1.88. The molecule has 2 aromatic rings. The van der Waals surface area contributed by atoms with Crippen molar-refractivity contribution < 1.29 is 4.74 Å². The molecule has 2 nitrogen and oxygen atoms in total. The second-order valence-corrected chi connectivity index (χ2v) is 4.97. The molecule has 0 amide bonds. The Morgan fingerprint density at radius 2 is 1.89 bits per heavy atom. The van der Waals surface area contributed by atoms with Gasteiger partial charge in [-0.15, -0.1) is 0 Å². The summed E-state index contributed by atoms with van der Waals surface area (Å²) in [5.41, 5.74) is 2.17. The molecule has 0 fully saturated rings. The van der Waals surface area contributed by atoms with Gasteiger partial charge in [-0.2, -0.15) is 0 Å². The molecular weight excluding hydrogens is 258 g/mol. The van der Waals surface area contributed by atoms with Crippen molar-refractivity contribution in [3.63, 3.8) is 0 Å². The van der Waals surface area contributed by atoms with E-state index in [2.05, 4.69) is 12.2 Å². The van der Waals surface area contributed by atoms with Crippen molar-refractivity contribution in [1.82, 2.24) is 5.32 Å². The van der Waals surface area contributed by atoms with Crippen LogP contribution in [0.1, 0.15) is 24.1 Å². The van der Waals surface area contributed by atoms with Gasteiger partial charge in [0.2, 0.25) is 0 Å². The number of rotatable bonds is 4. The normalized spacial score (nSPS) is 12.2. The summed E-state index contributed by atoms with van der Waals surface area (Å²) in [4.78, 5) is 0. The van der Waals surface area contributed by atoms with Crippen molar-refractivity contribution in [3.05, 3.63) is 58.6 Å². The molecule has 3 heteroatoms. The smallest absolute Gasteiger partial charge is 0.130 e. The molecule has 100 valence electrons. The van der Waals surface area contributed by atoms with Crippen LogP contribution in [0.2, 0.25) is 5.02 Å². The predicted molar refractivity (Wildman–Crippen MR) is 80.2 cm³/mol. The number of hydrogen-bond donors (Lipinski definition) is 1. The monoisotopic (exact) mass is 275 g/mol. The number of nitrogens with one attached hydrogen (secondary N) is 1.